The van der Waals surface area contributed by atoms with Gasteiger partial charge in [-0.05, 0) is 66.5 Å². The Morgan fingerprint density at radius 2 is 1.86 bits per heavy atom. The molecule has 1 aromatic rings. The lowest BCUT2D eigenvalue weighted by Crippen LogP contribution is -2.26. The highest BCUT2D eigenvalue weighted by atomic mass is 14.3. The van der Waals surface area contributed by atoms with Gasteiger partial charge in [0.2, 0.25) is 0 Å². The Kier molecular flexibility index (Phi) is 4.83. The van der Waals surface area contributed by atoms with Gasteiger partial charge in [-0.25, -0.2) is 0 Å². The van der Waals surface area contributed by atoms with Gasteiger partial charge in [0.25, 0.3) is 0 Å². The summed E-state index contributed by atoms with van der Waals surface area (Å²) in [6.07, 6.45) is 14.8. The smallest absolute Gasteiger partial charge is 0.0245 e. The molecule has 2 aliphatic rings. The van der Waals surface area contributed by atoms with Crippen LogP contribution in [0, 0.1) is 17.8 Å². The van der Waals surface area contributed by atoms with Gasteiger partial charge in [0.15, 0.2) is 0 Å². The molecule has 0 N–H and O–H groups in total. The van der Waals surface area contributed by atoms with Crippen molar-refractivity contribution in [3.8, 4) is 0 Å². The number of hydrogen-bond donors (Lipinski definition) is 0. The van der Waals surface area contributed by atoms with Crippen LogP contribution in [0.5, 0.6) is 0 Å². The molecule has 0 heteroatoms. The number of benzene rings is 1. The third-order valence-corrected chi connectivity index (χ3v) is 5.99. The number of fused-ring (bicyclic) bond motifs is 1. The maximum absolute atomic E-state index is 3.89. The van der Waals surface area contributed by atoms with E-state index in [1.807, 2.05) is 6.08 Å². The third kappa shape index (κ3) is 3.42. The molecule has 1 atom stereocenters. The average Bonchev–Trinajstić information content (AvgIpc) is 2.55. The van der Waals surface area contributed by atoms with Crippen molar-refractivity contribution in [2.24, 2.45) is 17.8 Å². The molecule has 0 aliphatic heterocycles. The van der Waals surface area contributed by atoms with Crippen molar-refractivity contribution >= 4 is 6.08 Å². The van der Waals surface area contributed by atoms with Crippen molar-refractivity contribution in [2.45, 2.75) is 64.7 Å². The van der Waals surface area contributed by atoms with Gasteiger partial charge in [-0.15, -0.1) is 0 Å². The van der Waals surface area contributed by atoms with E-state index < -0.39 is 0 Å². The molecule has 1 saturated carbocycles. The van der Waals surface area contributed by atoms with Gasteiger partial charge in [-0.3, -0.25) is 0 Å². The minimum Gasteiger partial charge on any atom is -0.0985 e. The maximum atomic E-state index is 3.89. The van der Waals surface area contributed by atoms with E-state index in [1.54, 1.807) is 11.1 Å². The van der Waals surface area contributed by atoms with E-state index in [0.717, 1.165) is 17.8 Å². The lowest BCUT2D eigenvalue weighted by molar-refractivity contribution is 0.184. The van der Waals surface area contributed by atoms with Crippen LogP contribution in [0.4, 0.5) is 0 Å². The normalized spacial score (nSPS) is 28.9. The lowest BCUT2D eigenvalue weighted by Gasteiger charge is -2.36. The van der Waals surface area contributed by atoms with E-state index in [0.29, 0.717) is 0 Å². The van der Waals surface area contributed by atoms with E-state index in [-0.39, 0.29) is 0 Å². The van der Waals surface area contributed by atoms with Crippen molar-refractivity contribution < 1.29 is 0 Å². The molecule has 21 heavy (non-hydrogen) atoms. The zero-order valence-electron chi connectivity index (χ0n) is 13.6. The summed E-state index contributed by atoms with van der Waals surface area (Å²) in [6.45, 7) is 6.23. The Bertz CT molecular complexity index is 477. The van der Waals surface area contributed by atoms with Crippen LogP contribution in [0.15, 0.2) is 24.8 Å². The van der Waals surface area contributed by atoms with E-state index in [1.165, 1.54) is 63.4 Å². The molecule has 0 bridgehead atoms. The van der Waals surface area contributed by atoms with Gasteiger partial charge < -0.3 is 0 Å². The summed E-state index contributed by atoms with van der Waals surface area (Å²) in [4.78, 5) is 0. The molecule has 0 saturated heterocycles. The molecule has 0 nitrogen and oxygen atoms in total. The zero-order valence-corrected chi connectivity index (χ0v) is 13.6. The van der Waals surface area contributed by atoms with Gasteiger partial charge in [0, 0.05) is 0 Å². The van der Waals surface area contributed by atoms with Gasteiger partial charge >= 0.3 is 0 Å². The van der Waals surface area contributed by atoms with E-state index in [9.17, 15) is 0 Å². The second-order valence-electron chi connectivity index (χ2n) is 7.30. The van der Waals surface area contributed by atoms with Gasteiger partial charge in [0.05, 0.1) is 0 Å². The molecule has 1 aromatic carbocycles. The van der Waals surface area contributed by atoms with Crippen LogP contribution in [-0.4, -0.2) is 0 Å². The van der Waals surface area contributed by atoms with Crippen LogP contribution in [0.1, 0.15) is 68.6 Å². The van der Waals surface area contributed by atoms with E-state index in [4.69, 9.17) is 0 Å². The zero-order chi connectivity index (χ0) is 14.7. The second kappa shape index (κ2) is 6.81. The van der Waals surface area contributed by atoms with E-state index in [2.05, 4.69) is 31.7 Å². The lowest BCUT2D eigenvalue weighted by atomic mass is 9.69. The molecular formula is C21H30. The minimum absolute atomic E-state index is 0.953. The fraction of sp³-hybridized carbons (Fsp3) is 0.619. The summed E-state index contributed by atoms with van der Waals surface area (Å²) in [5.74, 6) is 3.00. The van der Waals surface area contributed by atoms with Crippen LogP contribution in [-0.2, 0) is 12.8 Å². The first-order chi connectivity index (χ1) is 10.3. The molecule has 0 radical (unpaired) electrons. The Hall–Kier alpha value is -1.04. The first-order valence-corrected chi connectivity index (χ1v) is 9.04. The predicted octanol–water partition coefficient (Wildman–Crippen LogP) is 6.04. The Balaban J connectivity index is 1.60. The molecule has 0 aromatic heterocycles. The SMILES string of the molecule is C=Cc1ccc2c(c1)CCC(C1CCC(CCC)CC1)C2. The number of hydrogen-bond acceptors (Lipinski definition) is 0. The summed E-state index contributed by atoms with van der Waals surface area (Å²) in [7, 11) is 0. The molecule has 0 spiro atoms. The standard InChI is InChI=1S/C21H30/c1-3-5-17-7-9-18(10-8-17)20-13-12-19-14-16(4-2)6-11-21(19)15-20/h4,6,11,14,17-18,20H,2-3,5,7-10,12-13,15H2,1H3. The molecule has 2 aliphatic carbocycles. The first-order valence-electron chi connectivity index (χ1n) is 9.04. The summed E-state index contributed by atoms with van der Waals surface area (Å²) in [5, 5.41) is 0. The topological polar surface area (TPSA) is 0 Å². The van der Waals surface area contributed by atoms with E-state index >= 15 is 0 Å². The highest BCUT2D eigenvalue weighted by Crippen LogP contribution is 2.40. The highest BCUT2D eigenvalue weighted by molar-refractivity contribution is 5.50. The monoisotopic (exact) mass is 282 g/mol. The van der Waals surface area contributed by atoms with Crippen LogP contribution in [0.25, 0.3) is 6.08 Å². The van der Waals surface area contributed by atoms with Crippen LogP contribution >= 0.6 is 0 Å². The predicted molar refractivity (Wildman–Crippen MR) is 92.4 cm³/mol. The summed E-state index contributed by atoms with van der Waals surface area (Å²) in [5.41, 5.74) is 4.49. The Morgan fingerprint density at radius 1 is 1.05 bits per heavy atom. The van der Waals surface area contributed by atoms with Crippen LogP contribution in [0.2, 0.25) is 0 Å². The number of rotatable bonds is 4. The van der Waals surface area contributed by atoms with Crippen LogP contribution < -0.4 is 0 Å². The van der Waals surface area contributed by atoms with Gasteiger partial charge in [-0.1, -0.05) is 63.5 Å². The largest absolute Gasteiger partial charge is 0.0985 e. The summed E-state index contributed by atoms with van der Waals surface area (Å²) in [6, 6.07) is 6.96. The number of aryl methyl sites for hydroxylation is 1. The molecule has 1 fully saturated rings. The molecule has 114 valence electrons. The first kappa shape index (κ1) is 14.9. The fourth-order valence-electron chi connectivity index (χ4n) is 4.69. The van der Waals surface area contributed by atoms with Crippen molar-refractivity contribution in [3.63, 3.8) is 0 Å². The summed E-state index contributed by atoms with van der Waals surface area (Å²) < 4.78 is 0. The fourth-order valence-corrected chi connectivity index (χ4v) is 4.69. The second-order valence-corrected chi connectivity index (χ2v) is 7.30. The van der Waals surface area contributed by atoms with Crippen molar-refractivity contribution in [1.29, 1.82) is 0 Å². The molecular weight excluding hydrogens is 252 g/mol. The third-order valence-electron chi connectivity index (χ3n) is 5.99. The minimum atomic E-state index is 0.953. The van der Waals surface area contributed by atoms with Gasteiger partial charge in [-0.2, -0.15) is 0 Å². The quantitative estimate of drug-likeness (QED) is 0.631. The Morgan fingerprint density at radius 3 is 2.57 bits per heavy atom. The molecule has 3 rings (SSSR count). The van der Waals surface area contributed by atoms with Crippen molar-refractivity contribution in [2.75, 3.05) is 0 Å². The van der Waals surface area contributed by atoms with Crippen molar-refractivity contribution in [1.82, 2.24) is 0 Å². The van der Waals surface area contributed by atoms with Crippen molar-refractivity contribution in [3.05, 3.63) is 41.5 Å². The molecule has 0 amide bonds. The van der Waals surface area contributed by atoms with Crippen LogP contribution in [0.3, 0.4) is 0 Å². The van der Waals surface area contributed by atoms with Gasteiger partial charge in [0.1, 0.15) is 0 Å². The Labute approximate surface area is 130 Å². The summed E-state index contributed by atoms with van der Waals surface area (Å²) >= 11 is 0. The highest BCUT2D eigenvalue weighted by Gasteiger charge is 2.29. The molecule has 0 heterocycles. The average molecular weight is 282 g/mol. The molecule has 1 unspecified atom stereocenters. The maximum Gasteiger partial charge on any atom is -0.0245 e.